The predicted molar refractivity (Wildman–Crippen MR) is 91.8 cm³/mol. The molecular formula is C17H21N5O2. The van der Waals surface area contributed by atoms with Crippen molar-refractivity contribution in [2.45, 2.75) is 26.8 Å². The summed E-state index contributed by atoms with van der Waals surface area (Å²) in [5.41, 5.74) is 4.72. The minimum atomic E-state index is 0.0470. The van der Waals surface area contributed by atoms with Crippen LogP contribution in [0.1, 0.15) is 29.8 Å². The number of hydrogen-bond acceptors (Lipinski definition) is 6. The average Bonchev–Trinajstić information content (AvgIpc) is 3.05. The van der Waals surface area contributed by atoms with Crippen LogP contribution in [0.5, 0.6) is 11.5 Å². The highest BCUT2D eigenvalue weighted by molar-refractivity contribution is 5.71. The molecule has 0 saturated carbocycles. The van der Waals surface area contributed by atoms with Crippen molar-refractivity contribution in [3.8, 4) is 11.5 Å². The lowest BCUT2D eigenvalue weighted by Gasteiger charge is -2.19. The van der Waals surface area contributed by atoms with Crippen LogP contribution in [0.25, 0.3) is 5.65 Å². The van der Waals surface area contributed by atoms with Crippen LogP contribution in [0.4, 0.5) is 5.69 Å². The molecule has 1 N–H and O–H groups in total. The van der Waals surface area contributed by atoms with Crippen molar-refractivity contribution in [2.24, 2.45) is 0 Å². The van der Waals surface area contributed by atoms with Gasteiger partial charge in [-0.15, -0.1) is 10.2 Å². The monoisotopic (exact) mass is 327 g/mol. The van der Waals surface area contributed by atoms with Gasteiger partial charge in [0.15, 0.2) is 11.5 Å². The molecule has 0 aliphatic heterocycles. The van der Waals surface area contributed by atoms with Gasteiger partial charge in [-0.2, -0.15) is 9.61 Å². The SMILES string of the molecule is COc1ccc(C(C)Nc2c(C)c(C)nn3cnnc23)cc1OC. The normalized spacial score (nSPS) is 12.2. The van der Waals surface area contributed by atoms with E-state index in [2.05, 4.69) is 27.5 Å². The number of nitrogens with one attached hydrogen (secondary N) is 1. The van der Waals surface area contributed by atoms with Gasteiger partial charge in [-0.1, -0.05) is 6.07 Å². The highest BCUT2D eigenvalue weighted by Crippen LogP contribution is 2.32. The molecule has 3 rings (SSSR count). The second-order valence-electron chi connectivity index (χ2n) is 5.66. The molecule has 1 atom stereocenters. The predicted octanol–water partition coefficient (Wildman–Crippen LogP) is 2.93. The minimum absolute atomic E-state index is 0.0470. The molecule has 0 saturated heterocycles. The van der Waals surface area contributed by atoms with Crippen LogP contribution in [0, 0.1) is 13.8 Å². The van der Waals surface area contributed by atoms with Crippen LogP contribution in [-0.2, 0) is 0 Å². The zero-order valence-corrected chi connectivity index (χ0v) is 14.5. The molecular weight excluding hydrogens is 306 g/mol. The lowest BCUT2D eigenvalue weighted by atomic mass is 10.1. The van der Waals surface area contributed by atoms with Crippen LogP contribution in [0.3, 0.4) is 0 Å². The molecule has 2 aromatic heterocycles. The van der Waals surface area contributed by atoms with Crippen LogP contribution >= 0.6 is 0 Å². The van der Waals surface area contributed by atoms with Gasteiger partial charge in [0.1, 0.15) is 6.33 Å². The molecule has 0 amide bonds. The van der Waals surface area contributed by atoms with Crippen molar-refractivity contribution in [3.63, 3.8) is 0 Å². The number of hydrogen-bond donors (Lipinski definition) is 1. The molecule has 7 heteroatoms. The summed E-state index contributed by atoms with van der Waals surface area (Å²) in [6.07, 6.45) is 1.61. The van der Waals surface area contributed by atoms with E-state index in [9.17, 15) is 0 Å². The van der Waals surface area contributed by atoms with E-state index < -0.39 is 0 Å². The fourth-order valence-electron chi connectivity index (χ4n) is 2.65. The molecule has 0 bridgehead atoms. The van der Waals surface area contributed by atoms with Gasteiger partial charge in [0.25, 0.3) is 0 Å². The van der Waals surface area contributed by atoms with Crippen molar-refractivity contribution in [3.05, 3.63) is 41.3 Å². The fraction of sp³-hybridized carbons (Fsp3) is 0.353. The van der Waals surface area contributed by atoms with Crippen LogP contribution in [0.15, 0.2) is 24.5 Å². The van der Waals surface area contributed by atoms with Gasteiger partial charge in [0.05, 0.1) is 25.6 Å². The zero-order valence-electron chi connectivity index (χ0n) is 14.5. The quantitative estimate of drug-likeness (QED) is 0.777. The number of fused-ring (bicyclic) bond motifs is 1. The first-order valence-corrected chi connectivity index (χ1v) is 7.70. The summed E-state index contributed by atoms with van der Waals surface area (Å²) >= 11 is 0. The van der Waals surface area contributed by atoms with E-state index in [1.165, 1.54) is 0 Å². The van der Waals surface area contributed by atoms with Gasteiger partial charge in [-0.25, -0.2) is 0 Å². The molecule has 0 radical (unpaired) electrons. The maximum absolute atomic E-state index is 5.39. The van der Waals surface area contributed by atoms with Crippen molar-refractivity contribution in [1.29, 1.82) is 0 Å². The molecule has 7 nitrogen and oxygen atoms in total. The van der Waals surface area contributed by atoms with Crippen molar-refractivity contribution in [1.82, 2.24) is 19.8 Å². The molecule has 2 heterocycles. The highest BCUT2D eigenvalue weighted by atomic mass is 16.5. The van der Waals surface area contributed by atoms with E-state index in [0.717, 1.165) is 22.5 Å². The third-order valence-corrected chi connectivity index (χ3v) is 4.20. The van der Waals surface area contributed by atoms with Crippen molar-refractivity contribution in [2.75, 3.05) is 19.5 Å². The first-order valence-electron chi connectivity index (χ1n) is 7.70. The van der Waals surface area contributed by atoms with E-state index in [4.69, 9.17) is 9.47 Å². The summed E-state index contributed by atoms with van der Waals surface area (Å²) in [5, 5.41) is 16.1. The summed E-state index contributed by atoms with van der Waals surface area (Å²) in [6, 6.07) is 5.94. The number of anilines is 1. The number of aryl methyl sites for hydroxylation is 1. The van der Waals surface area contributed by atoms with E-state index in [1.54, 1.807) is 25.1 Å². The third-order valence-electron chi connectivity index (χ3n) is 4.20. The minimum Gasteiger partial charge on any atom is -0.493 e. The zero-order chi connectivity index (χ0) is 17.3. The first-order chi connectivity index (χ1) is 11.5. The van der Waals surface area contributed by atoms with Gasteiger partial charge in [-0.3, -0.25) is 0 Å². The number of aromatic nitrogens is 4. The number of ether oxygens (including phenoxy) is 2. The Morgan fingerprint density at radius 1 is 1.12 bits per heavy atom. The summed E-state index contributed by atoms with van der Waals surface area (Å²) in [7, 11) is 3.26. The Kier molecular flexibility index (Phi) is 4.24. The number of methoxy groups -OCH3 is 2. The lowest BCUT2D eigenvalue weighted by molar-refractivity contribution is 0.354. The Morgan fingerprint density at radius 3 is 2.58 bits per heavy atom. The van der Waals surface area contributed by atoms with Gasteiger partial charge in [-0.05, 0) is 44.0 Å². The molecule has 0 aliphatic rings. The standard InChI is InChI=1S/C17H21N5O2/c1-10-11(2)21-22-9-18-20-17(22)16(10)19-12(3)13-6-7-14(23-4)15(8-13)24-5/h6-9,12,19H,1-5H3. The largest absolute Gasteiger partial charge is 0.493 e. The summed E-state index contributed by atoms with van der Waals surface area (Å²) < 4.78 is 12.4. The topological polar surface area (TPSA) is 73.6 Å². The maximum atomic E-state index is 5.39. The van der Waals surface area contributed by atoms with Gasteiger partial charge < -0.3 is 14.8 Å². The molecule has 0 fully saturated rings. The number of benzene rings is 1. The van der Waals surface area contributed by atoms with Crippen molar-refractivity contribution >= 4 is 11.3 Å². The Bertz CT molecular complexity index is 875. The lowest BCUT2D eigenvalue weighted by Crippen LogP contribution is -2.11. The smallest absolute Gasteiger partial charge is 0.200 e. The summed E-state index contributed by atoms with van der Waals surface area (Å²) in [6.45, 7) is 6.09. The van der Waals surface area contributed by atoms with E-state index in [0.29, 0.717) is 17.1 Å². The summed E-state index contributed by atoms with van der Waals surface area (Å²) in [4.78, 5) is 0. The fourth-order valence-corrected chi connectivity index (χ4v) is 2.65. The second kappa shape index (κ2) is 6.35. The Balaban J connectivity index is 1.97. The third kappa shape index (κ3) is 2.73. The summed E-state index contributed by atoms with van der Waals surface area (Å²) in [5.74, 6) is 1.42. The van der Waals surface area contributed by atoms with Gasteiger partial charge >= 0.3 is 0 Å². The van der Waals surface area contributed by atoms with Gasteiger partial charge in [0, 0.05) is 6.04 Å². The second-order valence-corrected chi connectivity index (χ2v) is 5.66. The maximum Gasteiger partial charge on any atom is 0.200 e. The first kappa shape index (κ1) is 16.0. The Labute approximate surface area is 140 Å². The molecule has 0 spiro atoms. The van der Waals surface area contributed by atoms with E-state index in [-0.39, 0.29) is 6.04 Å². The van der Waals surface area contributed by atoms with Crippen LogP contribution in [0.2, 0.25) is 0 Å². The average molecular weight is 327 g/mol. The van der Waals surface area contributed by atoms with E-state index >= 15 is 0 Å². The Morgan fingerprint density at radius 2 is 1.88 bits per heavy atom. The number of rotatable bonds is 5. The molecule has 0 aliphatic carbocycles. The molecule has 1 aromatic carbocycles. The van der Waals surface area contributed by atoms with Gasteiger partial charge in [0.2, 0.25) is 5.65 Å². The number of nitrogens with zero attached hydrogens (tertiary/aromatic N) is 4. The van der Waals surface area contributed by atoms with Crippen molar-refractivity contribution < 1.29 is 9.47 Å². The Hall–Kier alpha value is -2.83. The molecule has 24 heavy (non-hydrogen) atoms. The highest BCUT2D eigenvalue weighted by Gasteiger charge is 2.16. The van der Waals surface area contributed by atoms with Crippen LogP contribution in [-0.4, -0.2) is 34.0 Å². The van der Waals surface area contributed by atoms with Crippen LogP contribution < -0.4 is 14.8 Å². The van der Waals surface area contributed by atoms with E-state index in [1.807, 2.05) is 32.0 Å². The molecule has 126 valence electrons. The molecule has 3 aromatic rings. The molecule has 1 unspecified atom stereocenters.